The van der Waals surface area contributed by atoms with Crippen molar-refractivity contribution in [1.82, 2.24) is 24.9 Å². The van der Waals surface area contributed by atoms with Crippen LogP contribution in [0.4, 0.5) is 13.2 Å². The predicted octanol–water partition coefficient (Wildman–Crippen LogP) is 5.25. The average Bonchev–Trinajstić information content (AvgIpc) is 3.55. The van der Waals surface area contributed by atoms with Crippen LogP contribution >= 0.6 is 0 Å². The molecule has 2 aliphatic heterocycles. The number of aromatic nitrogens is 2. The summed E-state index contributed by atoms with van der Waals surface area (Å²) in [6.07, 6.45) is 3.92. The molecule has 0 unspecified atom stereocenters. The Bertz CT molecular complexity index is 1370. The number of nitrogens with one attached hydrogen (secondary N) is 1. The molecular formula is C29H33F3N6O. The quantitative estimate of drug-likeness (QED) is 0.487. The summed E-state index contributed by atoms with van der Waals surface area (Å²) >= 11 is 0. The Balaban J connectivity index is 1.83. The Hall–Kier alpha value is -3.84. The summed E-state index contributed by atoms with van der Waals surface area (Å²) < 4.78 is 46.2. The lowest BCUT2D eigenvalue weighted by Gasteiger charge is -2.32. The fourth-order valence-electron chi connectivity index (χ4n) is 5.13. The van der Waals surface area contributed by atoms with Crippen molar-refractivity contribution in [2.45, 2.75) is 39.2 Å². The first-order chi connectivity index (χ1) is 18.6. The molecule has 1 N–H and O–H groups in total. The van der Waals surface area contributed by atoms with Gasteiger partial charge in [0.05, 0.1) is 11.3 Å². The molecule has 2 fully saturated rings. The Morgan fingerprint density at radius 2 is 1.97 bits per heavy atom. The first kappa shape index (κ1) is 28.2. The van der Waals surface area contributed by atoms with Gasteiger partial charge in [-0.25, -0.2) is 17.9 Å². The highest BCUT2D eigenvalue weighted by molar-refractivity contribution is 5.94. The van der Waals surface area contributed by atoms with Gasteiger partial charge in [-0.2, -0.15) is 10.4 Å². The molecule has 0 aliphatic carbocycles. The normalized spacial score (nSPS) is 20.6. The number of hydrogen-bond acceptors (Lipinski definition) is 5. The third kappa shape index (κ3) is 6.09. The molecule has 0 radical (unpaired) electrons. The number of piperidine rings is 1. The fourth-order valence-corrected chi connectivity index (χ4v) is 5.13. The highest BCUT2D eigenvalue weighted by Crippen LogP contribution is 2.32. The molecule has 2 saturated heterocycles. The number of benzene rings is 1. The van der Waals surface area contributed by atoms with Gasteiger partial charge in [-0.1, -0.05) is 19.6 Å². The van der Waals surface area contributed by atoms with Crippen molar-refractivity contribution >= 4 is 11.6 Å². The minimum Gasteiger partial charge on any atom is -0.375 e. The van der Waals surface area contributed by atoms with Crippen molar-refractivity contribution in [3.8, 4) is 17.3 Å². The molecule has 206 valence electrons. The van der Waals surface area contributed by atoms with Crippen LogP contribution in [0.5, 0.6) is 0 Å². The largest absolute Gasteiger partial charge is 0.375 e. The van der Waals surface area contributed by atoms with E-state index in [9.17, 15) is 13.6 Å². The van der Waals surface area contributed by atoms with Gasteiger partial charge < -0.3 is 15.1 Å². The summed E-state index contributed by atoms with van der Waals surface area (Å²) in [5.41, 5.74) is 0.123. The molecule has 7 nitrogen and oxygen atoms in total. The van der Waals surface area contributed by atoms with Gasteiger partial charge in [0.25, 0.3) is 5.91 Å². The number of allylic oxidation sites excluding steroid dienone is 5. The Morgan fingerprint density at radius 3 is 2.59 bits per heavy atom. The predicted molar refractivity (Wildman–Crippen MR) is 144 cm³/mol. The molecule has 10 heteroatoms. The number of carbonyl (C=O) groups excluding carboxylic acids is 1. The molecular weight excluding hydrogens is 505 g/mol. The lowest BCUT2D eigenvalue weighted by molar-refractivity contribution is 0.0691. The van der Waals surface area contributed by atoms with Crippen molar-refractivity contribution in [2.24, 2.45) is 5.92 Å². The summed E-state index contributed by atoms with van der Waals surface area (Å²) in [5, 5.41) is 16.6. The number of amides is 1. The molecule has 0 saturated carbocycles. The van der Waals surface area contributed by atoms with Crippen LogP contribution in [-0.4, -0.2) is 64.8 Å². The maximum absolute atomic E-state index is 15.8. The number of halogens is 3. The van der Waals surface area contributed by atoms with E-state index in [4.69, 9.17) is 5.26 Å². The molecule has 0 bridgehead atoms. The topological polar surface area (TPSA) is 77.2 Å². The molecule has 39 heavy (non-hydrogen) atoms. The Labute approximate surface area is 226 Å². The molecule has 2 aliphatic rings. The van der Waals surface area contributed by atoms with Gasteiger partial charge in [-0.15, -0.1) is 0 Å². The first-order valence-electron chi connectivity index (χ1n) is 13.1. The van der Waals surface area contributed by atoms with Gasteiger partial charge in [-0.05, 0) is 63.4 Å². The van der Waals surface area contributed by atoms with Crippen LogP contribution in [0, 0.1) is 23.1 Å². The van der Waals surface area contributed by atoms with Crippen molar-refractivity contribution in [2.75, 3.05) is 33.2 Å². The van der Waals surface area contributed by atoms with E-state index in [0.29, 0.717) is 24.7 Å². The number of nitriles is 1. The van der Waals surface area contributed by atoms with Gasteiger partial charge in [0, 0.05) is 43.5 Å². The molecule has 1 aromatic carbocycles. The molecule has 1 amide bonds. The van der Waals surface area contributed by atoms with E-state index in [0.717, 1.165) is 43.1 Å². The van der Waals surface area contributed by atoms with Crippen molar-refractivity contribution in [3.63, 3.8) is 0 Å². The fraction of sp³-hybridized carbons (Fsp3) is 0.414. The van der Waals surface area contributed by atoms with Crippen LogP contribution in [0.1, 0.15) is 49.2 Å². The lowest BCUT2D eigenvalue weighted by atomic mass is 10.1. The Kier molecular flexibility index (Phi) is 8.60. The lowest BCUT2D eigenvalue weighted by Crippen LogP contribution is -2.47. The minimum absolute atomic E-state index is 0.0351. The van der Waals surface area contributed by atoms with Crippen molar-refractivity contribution in [3.05, 3.63) is 71.3 Å². The molecule has 0 spiro atoms. The van der Waals surface area contributed by atoms with Crippen molar-refractivity contribution in [1.29, 1.82) is 5.26 Å². The number of hydrogen-bond donors (Lipinski definition) is 1. The van der Waals surface area contributed by atoms with Gasteiger partial charge in [-0.3, -0.25) is 4.79 Å². The number of likely N-dealkylation sites (tertiary alicyclic amines) is 2. The van der Waals surface area contributed by atoms with E-state index >= 15 is 4.39 Å². The number of rotatable bonds is 7. The summed E-state index contributed by atoms with van der Waals surface area (Å²) in [7, 11) is 1.83. The van der Waals surface area contributed by atoms with Crippen molar-refractivity contribution < 1.29 is 18.0 Å². The SMILES string of the molecule is C=C(F)/C(=C(F)\C=C(/C)N1CC[C@H](C)C1)n1nc(C(=O)N2CCC[C@@H](NC)C2)cc1-c1ccc(C#N)c(F)c1. The zero-order valence-corrected chi connectivity index (χ0v) is 22.5. The van der Waals surface area contributed by atoms with Crippen LogP contribution < -0.4 is 5.32 Å². The number of likely N-dealkylation sites (N-methyl/N-ethyl adjacent to an activating group) is 1. The van der Waals surface area contributed by atoms with Crippen LogP contribution in [0.15, 0.2) is 54.3 Å². The third-order valence-corrected chi connectivity index (χ3v) is 7.38. The van der Waals surface area contributed by atoms with E-state index < -0.39 is 29.1 Å². The minimum atomic E-state index is -1.10. The molecule has 4 rings (SSSR count). The van der Waals surface area contributed by atoms with E-state index in [1.165, 1.54) is 24.3 Å². The molecule has 1 aromatic heterocycles. The average molecular weight is 539 g/mol. The summed E-state index contributed by atoms with van der Waals surface area (Å²) in [6.45, 7) is 9.70. The van der Waals surface area contributed by atoms with E-state index in [2.05, 4.69) is 23.9 Å². The summed E-state index contributed by atoms with van der Waals surface area (Å²) in [6, 6.07) is 7.07. The second kappa shape index (κ2) is 11.9. The Morgan fingerprint density at radius 1 is 1.21 bits per heavy atom. The van der Waals surface area contributed by atoms with Gasteiger partial charge in [0.1, 0.15) is 23.4 Å². The second-order valence-electron chi connectivity index (χ2n) is 10.2. The second-order valence-corrected chi connectivity index (χ2v) is 10.2. The van der Waals surface area contributed by atoms with Crippen LogP contribution in [0.25, 0.3) is 17.0 Å². The zero-order valence-electron chi connectivity index (χ0n) is 22.5. The summed E-state index contributed by atoms with van der Waals surface area (Å²) in [5.74, 6) is -2.76. The van der Waals surface area contributed by atoms with Crippen LogP contribution in [0.3, 0.4) is 0 Å². The van der Waals surface area contributed by atoms with Gasteiger partial charge in [0.15, 0.2) is 11.5 Å². The maximum Gasteiger partial charge on any atom is 0.274 e. The molecule has 3 heterocycles. The van der Waals surface area contributed by atoms with Crippen LogP contribution in [0.2, 0.25) is 0 Å². The molecule has 2 atom stereocenters. The van der Waals surface area contributed by atoms with E-state index in [-0.39, 0.29) is 28.6 Å². The van der Waals surface area contributed by atoms with E-state index in [1.54, 1.807) is 17.9 Å². The third-order valence-electron chi connectivity index (χ3n) is 7.38. The first-order valence-corrected chi connectivity index (χ1v) is 13.1. The van der Waals surface area contributed by atoms with Gasteiger partial charge >= 0.3 is 0 Å². The van der Waals surface area contributed by atoms with Gasteiger partial charge in [0.2, 0.25) is 0 Å². The van der Waals surface area contributed by atoms with Crippen LogP contribution in [-0.2, 0) is 0 Å². The summed E-state index contributed by atoms with van der Waals surface area (Å²) in [4.78, 5) is 17.1. The monoisotopic (exact) mass is 538 g/mol. The highest BCUT2D eigenvalue weighted by Gasteiger charge is 2.28. The zero-order chi connectivity index (χ0) is 28.3. The molecule has 2 aromatic rings. The number of carbonyl (C=O) groups is 1. The standard InChI is InChI=1S/C29H33F3N6O/c1-18-9-11-36(16-18)19(2)12-25(32)28(20(3)30)38-27(21-7-8-22(15-33)24(31)13-21)14-26(35-38)29(39)37-10-5-6-23(17-37)34-4/h7-8,12-14,18,23,34H,3,5-6,9-11,16-17H2,1-2,4H3/b19-12+,28-25-/t18-,23+/m0/s1. The van der Waals surface area contributed by atoms with E-state index in [1.807, 2.05) is 11.9 Å². The highest BCUT2D eigenvalue weighted by atomic mass is 19.1. The maximum atomic E-state index is 15.8. The smallest absolute Gasteiger partial charge is 0.274 e. The number of nitrogens with zero attached hydrogens (tertiary/aromatic N) is 5.